The number of nitrogens with two attached hydrogens (primary N) is 1. The molecule has 0 aliphatic heterocycles. The Labute approximate surface area is 119 Å². The van der Waals surface area contributed by atoms with Crippen LogP contribution in [0.15, 0.2) is 18.2 Å². The van der Waals surface area contributed by atoms with Crippen molar-refractivity contribution in [2.45, 2.75) is 34.2 Å². The summed E-state index contributed by atoms with van der Waals surface area (Å²) in [5.41, 5.74) is 6.54. The van der Waals surface area contributed by atoms with E-state index in [1.807, 2.05) is 0 Å². The fourth-order valence-corrected chi connectivity index (χ4v) is 3.04. The Balaban J connectivity index is 1.91. The third kappa shape index (κ3) is 2.44. The fraction of sp³-hybridized carbons (Fsp3) is 0.562. The molecule has 3 nitrogen and oxygen atoms in total. The fourth-order valence-electron chi connectivity index (χ4n) is 3.04. The lowest BCUT2D eigenvalue weighted by atomic mass is 10.0. The smallest absolute Gasteiger partial charge is 0.248 e. The molecule has 1 fully saturated rings. The first-order chi connectivity index (χ1) is 9.18. The summed E-state index contributed by atoms with van der Waals surface area (Å²) in [6.07, 6.45) is 0. The van der Waals surface area contributed by atoms with Crippen LogP contribution in [0.1, 0.15) is 43.6 Å². The highest BCUT2D eigenvalue weighted by molar-refractivity contribution is 5.92. The van der Waals surface area contributed by atoms with Gasteiger partial charge in [0.2, 0.25) is 5.91 Å². The van der Waals surface area contributed by atoms with Crippen molar-refractivity contribution in [3.05, 3.63) is 35.1 Å². The Hall–Kier alpha value is -1.42. The minimum absolute atomic E-state index is 0.204. The van der Waals surface area contributed by atoms with Crippen molar-refractivity contribution in [3.63, 3.8) is 0 Å². The molecule has 1 amide bonds. The number of rotatable bonds is 5. The Morgan fingerprint density at radius 2 is 1.90 bits per heavy atom. The molecule has 1 aliphatic rings. The molecule has 4 heteroatoms. The zero-order chi connectivity index (χ0) is 15.1. The van der Waals surface area contributed by atoms with E-state index in [9.17, 15) is 9.18 Å². The predicted molar refractivity (Wildman–Crippen MR) is 77.7 cm³/mol. The molecular weight excluding hydrogens is 255 g/mol. The number of carbonyl (C=O) groups is 1. The summed E-state index contributed by atoms with van der Waals surface area (Å²) in [7, 11) is 0. The van der Waals surface area contributed by atoms with E-state index in [1.165, 1.54) is 6.07 Å². The van der Waals surface area contributed by atoms with E-state index in [2.05, 4.69) is 33.0 Å². The van der Waals surface area contributed by atoms with Gasteiger partial charge in [-0.1, -0.05) is 33.8 Å². The molecular formula is C16H23FN2O. The zero-order valence-electron chi connectivity index (χ0n) is 12.6. The molecule has 1 aliphatic carbocycles. The maximum Gasteiger partial charge on any atom is 0.248 e. The second kappa shape index (κ2) is 4.85. The number of hydrogen-bond donors (Lipinski definition) is 2. The van der Waals surface area contributed by atoms with Crippen molar-refractivity contribution in [3.8, 4) is 0 Å². The van der Waals surface area contributed by atoms with E-state index >= 15 is 0 Å². The average molecular weight is 278 g/mol. The lowest BCUT2D eigenvalue weighted by Crippen LogP contribution is -2.20. The molecule has 3 N–H and O–H groups in total. The van der Waals surface area contributed by atoms with Gasteiger partial charge in [-0.2, -0.15) is 0 Å². The standard InChI is InChI=1S/C16H23FN2O/c1-15(2)13(16(15,3)4)9-19-8-11-6-5-10(14(18)20)7-12(11)17/h5-7,13,19H,8-9H2,1-4H3,(H2,18,20). The molecule has 1 aromatic carbocycles. The lowest BCUT2D eigenvalue weighted by Gasteiger charge is -2.08. The van der Waals surface area contributed by atoms with Crippen LogP contribution in [0.5, 0.6) is 0 Å². The van der Waals surface area contributed by atoms with Crippen LogP contribution in [-0.4, -0.2) is 12.5 Å². The Bertz CT molecular complexity index is 523. The van der Waals surface area contributed by atoms with Crippen molar-refractivity contribution in [1.82, 2.24) is 5.32 Å². The highest BCUT2D eigenvalue weighted by Gasteiger charge is 2.63. The van der Waals surface area contributed by atoms with Gasteiger partial charge in [0.25, 0.3) is 0 Å². The van der Waals surface area contributed by atoms with Gasteiger partial charge in [-0.3, -0.25) is 4.79 Å². The van der Waals surface area contributed by atoms with Gasteiger partial charge >= 0.3 is 0 Å². The topological polar surface area (TPSA) is 55.1 Å². The first-order valence-electron chi connectivity index (χ1n) is 6.97. The summed E-state index contributed by atoms with van der Waals surface area (Å²) in [5, 5.41) is 3.31. The molecule has 0 bridgehead atoms. The molecule has 2 rings (SSSR count). The number of nitrogens with one attached hydrogen (secondary N) is 1. The predicted octanol–water partition coefficient (Wildman–Crippen LogP) is 2.70. The maximum atomic E-state index is 13.8. The number of benzene rings is 1. The first-order valence-corrected chi connectivity index (χ1v) is 6.97. The van der Waals surface area contributed by atoms with Gasteiger partial charge in [0, 0.05) is 17.7 Å². The Morgan fingerprint density at radius 1 is 1.30 bits per heavy atom. The lowest BCUT2D eigenvalue weighted by molar-refractivity contribution is 0.1000. The summed E-state index contributed by atoms with van der Waals surface area (Å²) in [5.74, 6) is -0.393. The van der Waals surface area contributed by atoms with Crippen LogP contribution in [-0.2, 0) is 6.54 Å². The zero-order valence-corrected chi connectivity index (χ0v) is 12.6. The van der Waals surface area contributed by atoms with Gasteiger partial charge in [-0.05, 0) is 35.4 Å². The van der Waals surface area contributed by atoms with Crippen molar-refractivity contribution < 1.29 is 9.18 Å². The summed E-state index contributed by atoms with van der Waals surface area (Å²) in [6, 6.07) is 4.38. The monoisotopic (exact) mass is 278 g/mol. The van der Waals surface area contributed by atoms with Crippen LogP contribution in [0, 0.1) is 22.6 Å². The van der Waals surface area contributed by atoms with Crippen molar-refractivity contribution in [2.24, 2.45) is 22.5 Å². The molecule has 0 heterocycles. The van der Waals surface area contributed by atoms with Gasteiger partial charge in [-0.15, -0.1) is 0 Å². The molecule has 0 saturated heterocycles. The molecule has 0 aromatic heterocycles. The first kappa shape index (κ1) is 15.0. The van der Waals surface area contributed by atoms with E-state index in [-0.39, 0.29) is 11.4 Å². The third-order valence-corrected chi connectivity index (χ3v) is 5.32. The molecule has 110 valence electrons. The van der Waals surface area contributed by atoms with Crippen LogP contribution in [0.4, 0.5) is 4.39 Å². The Kier molecular flexibility index (Phi) is 3.63. The molecule has 1 aromatic rings. The highest BCUT2D eigenvalue weighted by atomic mass is 19.1. The van der Waals surface area contributed by atoms with Crippen LogP contribution in [0.2, 0.25) is 0 Å². The van der Waals surface area contributed by atoms with Crippen LogP contribution >= 0.6 is 0 Å². The number of hydrogen-bond acceptors (Lipinski definition) is 2. The van der Waals surface area contributed by atoms with Gasteiger partial charge in [0.05, 0.1) is 0 Å². The second-order valence-corrected chi connectivity index (χ2v) is 6.80. The maximum absolute atomic E-state index is 13.8. The highest BCUT2D eigenvalue weighted by Crippen LogP contribution is 2.67. The molecule has 0 spiro atoms. The number of primary amides is 1. The van der Waals surface area contributed by atoms with E-state index in [1.54, 1.807) is 12.1 Å². The summed E-state index contributed by atoms with van der Waals surface area (Å²) < 4.78 is 13.8. The molecule has 1 saturated carbocycles. The number of halogens is 1. The van der Waals surface area contributed by atoms with E-state index in [4.69, 9.17) is 5.73 Å². The van der Waals surface area contributed by atoms with Crippen LogP contribution < -0.4 is 11.1 Å². The second-order valence-electron chi connectivity index (χ2n) is 6.80. The number of amides is 1. The molecule has 20 heavy (non-hydrogen) atoms. The average Bonchev–Trinajstić information content (AvgIpc) is 2.73. The van der Waals surface area contributed by atoms with Gasteiger partial charge in [0.1, 0.15) is 5.82 Å². The minimum Gasteiger partial charge on any atom is -0.366 e. The molecule has 0 atom stereocenters. The Morgan fingerprint density at radius 3 is 2.35 bits per heavy atom. The molecule has 0 radical (unpaired) electrons. The van der Waals surface area contributed by atoms with Crippen molar-refractivity contribution >= 4 is 5.91 Å². The summed E-state index contributed by atoms with van der Waals surface area (Å²) in [4.78, 5) is 11.0. The van der Waals surface area contributed by atoms with Crippen LogP contribution in [0.3, 0.4) is 0 Å². The summed E-state index contributed by atoms with van der Waals surface area (Å²) >= 11 is 0. The van der Waals surface area contributed by atoms with E-state index < -0.39 is 5.91 Å². The van der Waals surface area contributed by atoms with Gasteiger partial charge in [0.15, 0.2) is 0 Å². The van der Waals surface area contributed by atoms with Crippen molar-refractivity contribution in [2.75, 3.05) is 6.54 Å². The minimum atomic E-state index is -0.607. The SMILES string of the molecule is CC1(C)C(CNCc2ccc(C(N)=O)cc2F)C1(C)C. The van der Waals surface area contributed by atoms with Crippen molar-refractivity contribution in [1.29, 1.82) is 0 Å². The quantitative estimate of drug-likeness (QED) is 0.870. The van der Waals surface area contributed by atoms with E-state index in [0.29, 0.717) is 28.9 Å². The summed E-state index contributed by atoms with van der Waals surface area (Å²) in [6.45, 7) is 10.4. The largest absolute Gasteiger partial charge is 0.366 e. The normalized spacial score (nSPS) is 19.9. The van der Waals surface area contributed by atoms with Gasteiger partial charge in [-0.25, -0.2) is 4.39 Å². The van der Waals surface area contributed by atoms with Gasteiger partial charge < -0.3 is 11.1 Å². The van der Waals surface area contributed by atoms with E-state index in [0.717, 1.165) is 6.54 Å². The third-order valence-electron chi connectivity index (χ3n) is 5.32. The number of carbonyl (C=O) groups excluding carboxylic acids is 1. The molecule has 0 unspecified atom stereocenters. The van der Waals surface area contributed by atoms with Crippen LogP contribution in [0.25, 0.3) is 0 Å².